The van der Waals surface area contributed by atoms with Crippen LogP contribution in [0.3, 0.4) is 0 Å². The highest BCUT2D eigenvalue weighted by molar-refractivity contribution is 5.36. The summed E-state index contributed by atoms with van der Waals surface area (Å²) in [7, 11) is 1.91. The fourth-order valence-electron chi connectivity index (χ4n) is 1.65. The van der Waals surface area contributed by atoms with Crippen molar-refractivity contribution in [2.45, 2.75) is 39.8 Å². The Bertz CT molecular complexity index is 294. The first kappa shape index (κ1) is 12.9. The second-order valence-electron chi connectivity index (χ2n) is 4.18. The van der Waals surface area contributed by atoms with Gasteiger partial charge in [0.05, 0.1) is 18.1 Å². The maximum Gasteiger partial charge on any atom is 0.147 e. The van der Waals surface area contributed by atoms with E-state index in [-0.39, 0.29) is 0 Å². The highest BCUT2D eigenvalue weighted by Gasteiger charge is 2.10. The molecule has 0 atom stereocenters. The van der Waals surface area contributed by atoms with Gasteiger partial charge in [0.25, 0.3) is 0 Å². The molecule has 0 unspecified atom stereocenters. The first-order chi connectivity index (χ1) is 7.69. The molecule has 1 aromatic rings. The summed E-state index contributed by atoms with van der Waals surface area (Å²) in [5, 5.41) is 3.06. The van der Waals surface area contributed by atoms with Crippen molar-refractivity contribution < 1.29 is 0 Å². The number of nitrogens with zero attached hydrogens (tertiary/aromatic N) is 3. The summed E-state index contributed by atoms with van der Waals surface area (Å²) in [5.74, 6) is 0.969. The lowest BCUT2D eigenvalue weighted by Gasteiger charge is -2.27. The average Bonchev–Trinajstić information content (AvgIpc) is 2.27. The zero-order valence-corrected chi connectivity index (χ0v) is 10.7. The van der Waals surface area contributed by atoms with Gasteiger partial charge >= 0.3 is 0 Å². The second-order valence-corrected chi connectivity index (χ2v) is 4.18. The van der Waals surface area contributed by atoms with E-state index in [4.69, 9.17) is 0 Å². The molecule has 0 saturated heterocycles. The summed E-state index contributed by atoms with van der Waals surface area (Å²) in [5.41, 5.74) is 0.978. The minimum Gasteiger partial charge on any atom is -0.353 e. The molecule has 0 aliphatic carbocycles. The molecular weight excluding hydrogens is 200 g/mol. The Morgan fingerprint density at radius 2 is 2.06 bits per heavy atom. The molecule has 0 fully saturated rings. The summed E-state index contributed by atoms with van der Waals surface area (Å²) in [6, 6.07) is 0.462. The van der Waals surface area contributed by atoms with E-state index in [1.54, 1.807) is 0 Å². The molecule has 0 spiro atoms. The van der Waals surface area contributed by atoms with Crippen LogP contribution in [0, 0.1) is 0 Å². The topological polar surface area (TPSA) is 41.1 Å². The Hall–Kier alpha value is -1.16. The third-order valence-electron chi connectivity index (χ3n) is 2.43. The van der Waals surface area contributed by atoms with Crippen LogP contribution in [0.1, 0.15) is 32.9 Å². The number of nitrogens with one attached hydrogen (secondary N) is 1. The normalized spacial score (nSPS) is 10.8. The molecule has 0 bridgehead atoms. The van der Waals surface area contributed by atoms with Gasteiger partial charge in [-0.25, -0.2) is 4.98 Å². The number of aromatic nitrogens is 2. The van der Waals surface area contributed by atoms with Crippen LogP contribution in [0.25, 0.3) is 0 Å². The van der Waals surface area contributed by atoms with Gasteiger partial charge in [0, 0.05) is 19.1 Å². The predicted molar refractivity (Wildman–Crippen MR) is 67.6 cm³/mol. The molecule has 1 rings (SSSR count). The van der Waals surface area contributed by atoms with E-state index in [9.17, 15) is 0 Å². The minimum atomic E-state index is 0.462. The Labute approximate surface area is 98.1 Å². The number of hydrogen-bond donors (Lipinski definition) is 1. The molecule has 90 valence electrons. The molecule has 16 heavy (non-hydrogen) atoms. The number of rotatable bonds is 6. The van der Waals surface area contributed by atoms with Crippen LogP contribution in [-0.4, -0.2) is 29.6 Å². The van der Waals surface area contributed by atoms with E-state index in [0.29, 0.717) is 6.04 Å². The van der Waals surface area contributed by atoms with Crippen molar-refractivity contribution in [2.24, 2.45) is 0 Å². The lowest BCUT2D eigenvalue weighted by molar-refractivity contribution is 0.658. The molecule has 0 amide bonds. The first-order valence-electron chi connectivity index (χ1n) is 5.91. The number of hydrogen-bond acceptors (Lipinski definition) is 4. The summed E-state index contributed by atoms with van der Waals surface area (Å²) in [6.45, 7) is 8.33. The Morgan fingerprint density at radius 1 is 1.31 bits per heavy atom. The third-order valence-corrected chi connectivity index (χ3v) is 2.43. The maximum absolute atomic E-state index is 4.46. The van der Waals surface area contributed by atoms with Gasteiger partial charge in [-0.3, -0.25) is 4.98 Å². The van der Waals surface area contributed by atoms with Gasteiger partial charge in [-0.2, -0.15) is 0 Å². The van der Waals surface area contributed by atoms with Gasteiger partial charge in [0.15, 0.2) is 0 Å². The molecule has 4 nitrogen and oxygen atoms in total. The molecular formula is C12H22N4. The zero-order valence-electron chi connectivity index (χ0n) is 10.7. The van der Waals surface area contributed by atoms with Gasteiger partial charge < -0.3 is 10.2 Å². The van der Waals surface area contributed by atoms with Crippen molar-refractivity contribution >= 4 is 5.82 Å². The van der Waals surface area contributed by atoms with Crippen molar-refractivity contribution in [3.8, 4) is 0 Å². The monoisotopic (exact) mass is 222 g/mol. The van der Waals surface area contributed by atoms with Gasteiger partial charge in [0.1, 0.15) is 5.82 Å². The lowest BCUT2D eigenvalue weighted by Crippen LogP contribution is -2.32. The molecule has 1 N–H and O–H groups in total. The summed E-state index contributed by atoms with van der Waals surface area (Å²) in [6.07, 6.45) is 4.83. The Kier molecular flexibility index (Phi) is 5.19. The molecule has 4 heteroatoms. The fourth-order valence-corrected chi connectivity index (χ4v) is 1.65. The van der Waals surface area contributed by atoms with Gasteiger partial charge in [-0.1, -0.05) is 6.92 Å². The molecule has 0 aliphatic rings. The molecule has 0 aromatic carbocycles. The van der Waals surface area contributed by atoms with Crippen LogP contribution in [0.15, 0.2) is 12.4 Å². The van der Waals surface area contributed by atoms with Gasteiger partial charge in [0.2, 0.25) is 0 Å². The summed E-state index contributed by atoms with van der Waals surface area (Å²) >= 11 is 0. The van der Waals surface area contributed by atoms with Crippen LogP contribution < -0.4 is 10.2 Å². The van der Waals surface area contributed by atoms with Crippen molar-refractivity contribution in [1.82, 2.24) is 15.3 Å². The smallest absolute Gasteiger partial charge is 0.147 e. The predicted octanol–water partition coefficient (Wildman–Crippen LogP) is 1.82. The van der Waals surface area contributed by atoms with Crippen LogP contribution in [-0.2, 0) is 6.54 Å². The zero-order chi connectivity index (χ0) is 12.0. The van der Waals surface area contributed by atoms with Crippen LogP contribution in [0.5, 0.6) is 0 Å². The molecule has 1 aromatic heterocycles. The van der Waals surface area contributed by atoms with Crippen LogP contribution in [0.4, 0.5) is 5.82 Å². The van der Waals surface area contributed by atoms with E-state index in [1.165, 1.54) is 0 Å². The molecule has 0 radical (unpaired) electrons. The fraction of sp³-hybridized carbons (Fsp3) is 0.667. The SMILES string of the molecule is CCCN(c1cnc(CNC)cn1)C(C)C. The van der Waals surface area contributed by atoms with Crippen LogP contribution >= 0.6 is 0 Å². The summed E-state index contributed by atoms with van der Waals surface area (Å²) < 4.78 is 0. The first-order valence-corrected chi connectivity index (χ1v) is 5.91. The van der Waals surface area contributed by atoms with Crippen LogP contribution in [0.2, 0.25) is 0 Å². The van der Waals surface area contributed by atoms with E-state index in [1.807, 2.05) is 19.4 Å². The molecule has 0 aliphatic heterocycles. The number of anilines is 1. The highest BCUT2D eigenvalue weighted by Crippen LogP contribution is 2.13. The quantitative estimate of drug-likeness (QED) is 0.797. The Balaban J connectivity index is 2.77. The van der Waals surface area contributed by atoms with E-state index >= 15 is 0 Å². The van der Waals surface area contributed by atoms with E-state index < -0.39 is 0 Å². The van der Waals surface area contributed by atoms with Crippen molar-refractivity contribution in [3.63, 3.8) is 0 Å². The maximum atomic E-state index is 4.46. The second kappa shape index (κ2) is 6.43. The summed E-state index contributed by atoms with van der Waals surface area (Å²) in [4.78, 5) is 11.1. The van der Waals surface area contributed by atoms with Crippen molar-refractivity contribution in [2.75, 3.05) is 18.5 Å². The molecule has 1 heterocycles. The minimum absolute atomic E-state index is 0.462. The van der Waals surface area contributed by atoms with Crippen molar-refractivity contribution in [1.29, 1.82) is 0 Å². The standard InChI is InChI=1S/C12H22N4/c1-5-6-16(10(2)3)12-9-14-11(7-13-4)8-15-12/h8-10,13H,5-7H2,1-4H3. The third kappa shape index (κ3) is 3.45. The molecule has 0 saturated carbocycles. The average molecular weight is 222 g/mol. The van der Waals surface area contributed by atoms with E-state index in [2.05, 4.69) is 41.0 Å². The highest BCUT2D eigenvalue weighted by atomic mass is 15.2. The Morgan fingerprint density at radius 3 is 2.50 bits per heavy atom. The van der Waals surface area contributed by atoms with Gasteiger partial charge in [-0.05, 0) is 27.3 Å². The largest absolute Gasteiger partial charge is 0.353 e. The van der Waals surface area contributed by atoms with Crippen molar-refractivity contribution in [3.05, 3.63) is 18.1 Å². The lowest BCUT2D eigenvalue weighted by atomic mass is 10.3. The van der Waals surface area contributed by atoms with Gasteiger partial charge in [-0.15, -0.1) is 0 Å². The van der Waals surface area contributed by atoms with E-state index in [0.717, 1.165) is 31.0 Å².